The van der Waals surface area contributed by atoms with Crippen molar-refractivity contribution in [1.29, 1.82) is 0 Å². The summed E-state index contributed by atoms with van der Waals surface area (Å²) >= 11 is 0. The van der Waals surface area contributed by atoms with Crippen LogP contribution in [0.1, 0.15) is 18.3 Å². The molecule has 0 bridgehead atoms. The molecule has 1 fully saturated rings. The Kier molecular flexibility index (Phi) is 5.04. The van der Waals surface area contributed by atoms with E-state index >= 15 is 0 Å². The first-order valence-electron chi connectivity index (χ1n) is 7.46. The van der Waals surface area contributed by atoms with E-state index in [0.29, 0.717) is 0 Å². The van der Waals surface area contributed by atoms with Gasteiger partial charge in [0.1, 0.15) is 12.6 Å². The molecule has 1 aliphatic rings. The Hall–Kier alpha value is -2.59. The number of aromatic nitrogens is 2. The van der Waals surface area contributed by atoms with Crippen molar-refractivity contribution in [3.8, 4) is 0 Å². The van der Waals surface area contributed by atoms with E-state index in [1.807, 2.05) is 0 Å². The standard InChI is InChI=1S/C14H18F3N5O3/c1-8-5-11(14(15,16)17)19-22(8)7-12(24)20-3-4-21(9(2)23)10(6-20)13(18)25/h5,10H,3-4,6-7H2,1-2H3,(H2,18,25). The van der Waals surface area contributed by atoms with Gasteiger partial charge in [0.15, 0.2) is 5.69 Å². The Morgan fingerprint density at radius 2 is 1.96 bits per heavy atom. The van der Waals surface area contributed by atoms with Gasteiger partial charge in [-0.1, -0.05) is 0 Å². The molecule has 0 aromatic carbocycles. The lowest BCUT2D eigenvalue weighted by Gasteiger charge is -2.39. The second-order valence-corrected chi connectivity index (χ2v) is 5.80. The van der Waals surface area contributed by atoms with E-state index in [0.717, 1.165) is 10.7 Å². The van der Waals surface area contributed by atoms with Gasteiger partial charge in [-0.3, -0.25) is 19.1 Å². The fraction of sp³-hybridized carbons (Fsp3) is 0.571. The number of amides is 3. The topological polar surface area (TPSA) is 102 Å². The summed E-state index contributed by atoms with van der Waals surface area (Å²) in [4.78, 5) is 37.9. The predicted molar refractivity (Wildman–Crippen MR) is 78.9 cm³/mol. The summed E-state index contributed by atoms with van der Waals surface area (Å²) in [5.74, 6) is -1.59. The fourth-order valence-corrected chi connectivity index (χ4v) is 2.67. The normalized spacial score (nSPS) is 18.4. The van der Waals surface area contributed by atoms with Crippen LogP contribution in [0, 0.1) is 6.92 Å². The smallest absolute Gasteiger partial charge is 0.368 e. The molecule has 0 radical (unpaired) electrons. The number of carbonyl (C=O) groups excluding carboxylic acids is 3. The largest absolute Gasteiger partial charge is 0.435 e. The molecule has 0 spiro atoms. The summed E-state index contributed by atoms with van der Waals surface area (Å²) in [6.07, 6.45) is -4.59. The highest BCUT2D eigenvalue weighted by Gasteiger charge is 2.36. The Morgan fingerprint density at radius 3 is 2.44 bits per heavy atom. The van der Waals surface area contributed by atoms with Gasteiger partial charge in [0.2, 0.25) is 17.7 Å². The number of hydrogen-bond donors (Lipinski definition) is 1. The molecule has 1 saturated heterocycles. The summed E-state index contributed by atoms with van der Waals surface area (Å²) in [7, 11) is 0. The molecule has 11 heteroatoms. The van der Waals surface area contributed by atoms with Gasteiger partial charge in [0.05, 0.1) is 6.54 Å². The highest BCUT2D eigenvalue weighted by atomic mass is 19.4. The van der Waals surface area contributed by atoms with Crippen molar-refractivity contribution in [2.24, 2.45) is 5.73 Å². The summed E-state index contributed by atoms with van der Waals surface area (Å²) in [5.41, 5.74) is 4.39. The third-order valence-electron chi connectivity index (χ3n) is 4.02. The molecular weight excluding hydrogens is 343 g/mol. The lowest BCUT2D eigenvalue weighted by atomic mass is 10.1. The SMILES string of the molecule is CC(=O)N1CCN(C(=O)Cn2nc(C(F)(F)F)cc2C)CC1C(N)=O. The zero-order valence-electron chi connectivity index (χ0n) is 13.7. The predicted octanol–water partition coefficient (Wildman–Crippen LogP) is -0.245. The van der Waals surface area contributed by atoms with Gasteiger partial charge >= 0.3 is 6.18 Å². The Bertz CT molecular complexity index is 700. The van der Waals surface area contributed by atoms with Crippen LogP contribution in [0.5, 0.6) is 0 Å². The van der Waals surface area contributed by atoms with E-state index in [4.69, 9.17) is 5.73 Å². The van der Waals surface area contributed by atoms with Gasteiger partial charge < -0.3 is 15.5 Å². The molecule has 1 aromatic rings. The lowest BCUT2D eigenvalue weighted by Crippen LogP contribution is -2.60. The quantitative estimate of drug-likeness (QED) is 0.802. The van der Waals surface area contributed by atoms with Crippen LogP contribution in [0.4, 0.5) is 13.2 Å². The van der Waals surface area contributed by atoms with Gasteiger partial charge in [-0.2, -0.15) is 18.3 Å². The second kappa shape index (κ2) is 6.73. The first kappa shape index (κ1) is 18.7. The number of aryl methyl sites for hydroxylation is 1. The molecule has 1 aromatic heterocycles. The number of hydrogen-bond acceptors (Lipinski definition) is 4. The molecule has 8 nitrogen and oxygen atoms in total. The number of primary amides is 1. The highest BCUT2D eigenvalue weighted by Crippen LogP contribution is 2.28. The molecule has 0 aliphatic carbocycles. The maximum atomic E-state index is 12.7. The number of nitrogens with zero attached hydrogens (tertiary/aromatic N) is 4. The van der Waals surface area contributed by atoms with Crippen molar-refractivity contribution in [1.82, 2.24) is 19.6 Å². The maximum absolute atomic E-state index is 12.7. The average molecular weight is 361 g/mol. The van der Waals surface area contributed by atoms with Gasteiger partial charge in [-0.15, -0.1) is 0 Å². The van der Waals surface area contributed by atoms with Crippen LogP contribution in [-0.2, 0) is 27.1 Å². The molecule has 138 valence electrons. The van der Waals surface area contributed by atoms with Gasteiger partial charge in [-0.05, 0) is 13.0 Å². The molecule has 0 saturated carbocycles. The summed E-state index contributed by atoms with van der Waals surface area (Å²) in [5, 5.41) is 3.40. The van der Waals surface area contributed by atoms with Crippen molar-refractivity contribution in [3.05, 3.63) is 17.5 Å². The number of alkyl halides is 3. The van der Waals surface area contributed by atoms with Gasteiger partial charge in [-0.25, -0.2) is 0 Å². The molecule has 2 heterocycles. The van der Waals surface area contributed by atoms with Crippen molar-refractivity contribution in [2.45, 2.75) is 32.6 Å². The summed E-state index contributed by atoms with van der Waals surface area (Å²) in [6, 6.07) is -0.104. The minimum absolute atomic E-state index is 0.0970. The Labute approximate surface area is 141 Å². The first-order chi connectivity index (χ1) is 11.5. The minimum atomic E-state index is -4.59. The summed E-state index contributed by atoms with van der Waals surface area (Å²) < 4.78 is 39.0. The van der Waals surface area contributed by atoms with E-state index in [1.165, 1.54) is 23.6 Å². The minimum Gasteiger partial charge on any atom is -0.368 e. The Morgan fingerprint density at radius 1 is 1.32 bits per heavy atom. The van der Waals surface area contributed by atoms with Crippen LogP contribution in [0.15, 0.2) is 6.07 Å². The van der Waals surface area contributed by atoms with Gasteiger partial charge in [0.25, 0.3) is 0 Å². The van der Waals surface area contributed by atoms with E-state index in [2.05, 4.69) is 5.10 Å². The molecule has 1 aliphatic heterocycles. The monoisotopic (exact) mass is 361 g/mol. The number of piperazine rings is 1. The molecule has 2 N–H and O–H groups in total. The van der Waals surface area contributed by atoms with E-state index in [9.17, 15) is 27.6 Å². The third kappa shape index (κ3) is 4.09. The molecule has 1 atom stereocenters. The van der Waals surface area contributed by atoms with E-state index in [-0.39, 0.29) is 31.2 Å². The van der Waals surface area contributed by atoms with E-state index in [1.54, 1.807) is 0 Å². The van der Waals surface area contributed by atoms with Crippen LogP contribution < -0.4 is 5.73 Å². The first-order valence-corrected chi connectivity index (χ1v) is 7.46. The maximum Gasteiger partial charge on any atom is 0.435 e. The number of rotatable bonds is 3. The van der Waals surface area contributed by atoms with Crippen molar-refractivity contribution < 1.29 is 27.6 Å². The van der Waals surface area contributed by atoms with Gasteiger partial charge in [0, 0.05) is 25.7 Å². The van der Waals surface area contributed by atoms with Crippen LogP contribution >= 0.6 is 0 Å². The molecule has 3 amide bonds. The second-order valence-electron chi connectivity index (χ2n) is 5.80. The van der Waals surface area contributed by atoms with Crippen molar-refractivity contribution >= 4 is 17.7 Å². The van der Waals surface area contributed by atoms with Crippen molar-refractivity contribution in [2.75, 3.05) is 19.6 Å². The van der Waals surface area contributed by atoms with Crippen LogP contribution in [-0.4, -0.2) is 63.0 Å². The number of halogens is 3. The molecule has 1 unspecified atom stereocenters. The highest BCUT2D eigenvalue weighted by molar-refractivity contribution is 5.87. The third-order valence-corrected chi connectivity index (χ3v) is 4.02. The number of nitrogens with two attached hydrogens (primary N) is 1. The molecular formula is C14H18F3N5O3. The van der Waals surface area contributed by atoms with Crippen LogP contribution in [0.2, 0.25) is 0 Å². The fourth-order valence-electron chi connectivity index (χ4n) is 2.67. The zero-order valence-corrected chi connectivity index (χ0v) is 13.7. The van der Waals surface area contributed by atoms with E-state index < -0.39 is 36.3 Å². The molecule has 25 heavy (non-hydrogen) atoms. The number of carbonyl (C=O) groups is 3. The van der Waals surface area contributed by atoms with Crippen LogP contribution in [0.25, 0.3) is 0 Å². The lowest BCUT2D eigenvalue weighted by molar-refractivity contribution is -0.147. The Balaban J connectivity index is 2.10. The average Bonchev–Trinajstić information content (AvgIpc) is 2.87. The van der Waals surface area contributed by atoms with Crippen molar-refractivity contribution in [3.63, 3.8) is 0 Å². The summed E-state index contributed by atoms with van der Waals surface area (Å²) in [6.45, 7) is 2.50. The zero-order chi connectivity index (χ0) is 18.9. The molecule has 2 rings (SSSR count). The van der Waals surface area contributed by atoms with Crippen LogP contribution in [0.3, 0.4) is 0 Å².